The van der Waals surface area contributed by atoms with Crippen molar-refractivity contribution in [2.24, 2.45) is 11.3 Å². The lowest BCUT2D eigenvalue weighted by atomic mass is 9.71. The van der Waals surface area contributed by atoms with Crippen LogP contribution in [0, 0.1) is 11.3 Å². The molecule has 0 saturated carbocycles. The molecule has 0 spiro atoms. The number of rotatable bonds is 3. The van der Waals surface area contributed by atoms with Gasteiger partial charge in [-0.15, -0.1) is 34.0 Å². The van der Waals surface area contributed by atoms with E-state index in [4.69, 9.17) is 10.7 Å². The van der Waals surface area contributed by atoms with Crippen molar-refractivity contribution in [3.63, 3.8) is 0 Å². The normalized spacial score (nSPS) is 16.4. The molecule has 1 unspecified atom stereocenters. The summed E-state index contributed by atoms with van der Waals surface area (Å²) in [7, 11) is 0. The van der Waals surface area contributed by atoms with E-state index in [0.29, 0.717) is 21.6 Å². The standard InChI is InChI=1S/C23H24N4OS3/c1-23(2,3)13-6-7-15-12(9-13)10-14-18(24)19(31-21(14)25-15)20(28)27-22-26-16(11-30-22)17-5-4-8-29-17/h4-5,8,10-11,13H,6-7,9,24H2,1-3H3,(H,26,27,28). The highest BCUT2D eigenvalue weighted by molar-refractivity contribution is 7.21. The van der Waals surface area contributed by atoms with Crippen molar-refractivity contribution in [3.05, 3.63) is 45.1 Å². The number of thiazole rings is 1. The molecule has 160 valence electrons. The molecule has 1 atom stereocenters. The van der Waals surface area contributed by atoms with Gasteiger partial charge in [0.15, 0.2) is 5.13 Å². The van der Waals surface area contributed by atoms with Gasteiger partial charge in [-0.3, -0.25) is 10.1 Å². The van der Waals surface area contributed by atoms with Gasteiger partial charge in [-0.05, 0) is 53.7 Å². The molecule has 4 aromatic heterocycles. The van der Waals surface area contributed by atoms with Crippen molar-refractivity contribution < 1.29 is 4.79 Å². The Labute approximate surface area is 193 Å². The fraction of sp³-hybridized carbons (Fsp3) is 0.348. The van der Waals surface area contributed by atoms with Crippen molar-refractivity contribution in [2.75, 3.05) is 11.1 Å². The smallest absolute Gasteiger partial charge is 0.269 e. The molecule has 1 amide bonds. The number of nitrogens with one attached hydrogen (secondary N) is 1. The van der Waals surface area contributed by atoms with Crippen LogP contribution in [0.2, 0.25) is 0 Å². The topological polar surface area (TPSA) is 80.9 Å². The molecule has 0 fully saturated rings. The zero-order valence-corrected chi connectivity index (χ0v) is 20.1. The summed E-state index contributed by atoms with van der Waals surface area (Å²) in [6, 6.07) is 6.18. The Balaban J connectivity index is 1.42. The number of pyridine rings is 1. The molecule has 0 radical (unpaired) electrons. The first-order valence-corrected chi connectivity index (χ1v) is 12.9. The van der Waals surface area contributed by atoms with Gasteiger partial charge >= 0.3 is 0 Å². The molecular formula is C23H24N4OS3. The van der Waals surface area contributed by atoms with E-state index in [2.05, 4.69) is 37.1 Å². The Kier molecular flexibility index (Phi) is 5.11. The second-order valence-electron chi connectivity index (χ2n) is 9.07. The third-order valence-corrected chi connectivity index (χ3v) is 8.78. The Morgan fingerprint density at radius 1 is 1.26 bits per heavy atom. The van der Waals surface area contributed by atoms with Crippen molar-refractivity contribution in [1.82, 2.24) is 9.97 Å². The van der Waals surface area contributed by atoms with E-state index < -0.39 is 0 Å². The fourth-order valence-electron chi connectivity index (χ4n) is 4.12. The van der Waals surface area contributed by atoms with E-state index in [0.717, 1.165) is 45.7 Å². The monoisotopic (exact) mass is 468 g/mol. The largest absolute Gasteiger partial charge is 0.397 e. The summed E-state index contributed by atoms with van der Waals surface area (Å²) in [5.41, 5.74) is 10.5. The highest BCUT2D eigenvalue weighted by Gasteiger charge is 2.30. The van der Waals surface area contributed by atoms with Crippen molar-refractivity contribution in [3.8, 4) is 10.6 Å². The van der Waals surface area contributed by atoms with Crippen molar-refractivity contribution >= 4 is 61.0 Å². The minimum absolute atomic E-state index is 0.224. The second-order valence-corrected chi connectivity index (χ2v) is 11.9. The van der Waals surface area contributed by atoms with E-state index in [9.17, 15) is 4.79 Å². The lowest BCUT2D eigenvalue weighted by Gasteiger charge is -2.34. The summed E-state index contributed by atoms with van der Waals surface area (Å²) < 4.78 is 0. The van der Waals surface area contributed by atoms with Gasteiger partial charge in [-0.1, -0.05) is 26.8 Å². The van der Waals surface area contributed by atoms with Gasteiger partial charge < -0.3 is 5.73 Å². The number of carbonyl (C=O) groups is 1. The van der Waals surface area contributed by atoms with E-state index in [-0.39, 0.29) is 11.3 Å². The fourth-order valence-corrected chi connectivity index (χ4v) is 6.58. The number of aryl methyl sites for hydroxylation is 1. The maximum absolute atomic E-state index is 13.0. The van der Waals surface area contributed by atoms with Gasteiger partial charge in [0, 0.05) is 16.5 Å². The van der Waals surface area contributed by atoms with Gasteiger partial charge in [-0.2, -0.15) is 0 Å². The van der Waals surface area contributed by atoms with Crippen LogP contribution in [0.25, 0.3) is 20.8 Å². The third kappa shape index (κ3) is 3.88. The minimum Gasteiger partial charge on any atom is -0.397 e. The predicted octanol–water partition coefficient (Wildman–Crippen LogP) is 6.47. The van der Waals surface area contributed by atoms with Gasteiger partial charge in [-0.25, -0.2) is 9.97 Å². The lowest BCUT2D eigenvalue weighted by molar-refractivity contribution is 0.103. The Morgan fingerprint density at radius 2 is 2.10 bits per heavy atom. The number of nitrogen functional groups attached to an aromatic ring is 1. The molecular weight excluding hydrogens is 444 g/mol. The minimum atomic E-state index is -0.224. The number of anilines is 2. The van der Waals surface area contributed by atoms with E-state index in [1.54, 1.807) is 11.3 Å². The van der Waals surface area contributed by atoms with Gasteiger partial charge in [0.05, 0.1) is 16.3 Å². The maximum atomic E-state index is 13.0. The zero-order valence-electron chi connectivity index (χ0n) is 17.7. The first-order valence-electron chi connectivity index (χ1n) is 10.3. The van der Waals surface area contributed by atoms with Gasteiger partial charge in [0.25, 0.3) is 5.91 Å². The van der Waals surface area contributed by atoms with Crippen molar-refractivity contribution in [1.29, 1.82) is 0 Å². The molecule has 1 aliphatic rings. The summed E-state index contributed by atoms with van der Waals surface area (Å²) in [6.07, 6.45) is 3.15. The summed E-state index contributed by atoms with van der Waals surface area (Å²) >= 11 is 4.41. The van der Waals surface area contributed by atoms with Crippen LogP contribution < -0.4 is 11.1 Å². The van der Waals surface area contributed by atoms with E-state index in [1.807, 2.05) is 22.9 Å². The van der Waals surface area contributed by atoms with Crippen LogP contribution in [0.4, 0.5) is 10.8 Å². The number of thiophene rings is 2. The second kappa shape index (κ2) is 7.69. The van der Waals surface area contributed by atoms with Crippen LogP contribution in [-0.4, -0.2) is 15.9 Å². The summed E-state index contributed by atoms with van der Waals surface area (Å²) in [6.45, 7) is 6.91. The molecule has 4 aromatic rings. The lowest BCUT2D eigenvalue weighted by Crippen LogP contribution is -2.27. The van der Waals surface area contributed by atoms with Crippen molar-refractivity contribution in [2.45, 2.75) is 40.0 Å². The van der Waals surface area contributed by atoms with Crippen LogP contribution in [-0.2, 0) is 12.8 Å². The number of hydrogen-bond acceptors (Lipinski definition) is 7. The first kappa shape index (κ1) is 20.6. The molecule has 3 N–H and O–H groups in total. The molecule has 5 rings (SSSR count). The highest BCUT2D eigenvalue weighted by atomic mass is 32.1. The summed E-state index contributed by atoms with van der Waals surface area (Å²) in [5, 5.41) is 8.35. The molecule has 31 heavy (non-hydrogen) atoms. The van der Waals surface area contributed by atoms with E-state index in [1.165, 1.54) is 28.2 Å². The van der Waals surface area contributed by atoms with Crippen LogP contribution in [0.5, 0.6) is 0 Å². The Bertz CT molecular complexity index is 1260. The Morgan fingerprint density at radius 3 is 2.84 bits per heavy atom. The van der Waals surface area contributed by atoms with Crippen LogP contribution in [0.3, 0.4) is 0 Å². The number of carbonyl (C=O) groups excluding carboxylic acids is 1. The molecule has 5 nitrogen and oxygen atoms in total. The number of amides is 1. The number of aromatic nitrogens is 2. The Hall–Kier alpha value is -2.29. The average molecular weight is 469 g/mol. The van der Waals surface area contributed by atoms with Crippen LogP contribution >= 0.6 is 34.0 Å². The molecule has 0 saturated heterocycles. The van der Waals surface area contributed by atoms with Crippen LogP contribution in [0.1, 0.15) is 48.1 Å². The zero-order chi connectivity index (χ0) is 21.8. The SMILES string of the molecule is CC(C)(C)C1CCc2nc3sc(C(=O)Nc4nc(-c5cccs5)cs4)c(N)c3cc2C1. The summed E-state index contributed by atoms with van der Waals surface area (Å²) in [4.78, 5) is 24.8. The quantitative estimate of drug-likeness (QED) is 0.361. The van der Waals surface area contributed by atoms with Gasteiger partial charge in [0.1, 0.15) is 9.71 Å². The summed E-state index contributed by atoms with van der Waals surface area (Å²) in [5.74, 6) is 0.405. The molecule has 1 aliphatic carbocycles. The third-order valence-electron chi connectivity index (χ3n) is 6.01. The molecule has 0 bridgehead atoms. The van der Waals surface area contributed by atoms with Crippen LogP contribution in [0.15, 0.2) is 29.0 Å². The molecule has 4 heterocycles. The number of nitrogens with two attached hydrogens (primary N) is 1. The number of hydrogen-bond donors (Lipinski definition) is 2. The highest BCUT2D eigenvalue weighted by Crippen LogP contribution is 2.40. The molecule has 0 aliphatic heterocycles. The van der Waals surface area contributed by atoms with E-state index >= 15 is 0 Å². The van der Waals surface area contributed by atoms with Gasteiger partial charge in [0.2, 0.25) is 0 Å². The molecule has 8 heteroatoms. The first-order chi connectivity index (χ1) is 14.8. The number of nitrogens with zero attached hydrogens (tertiary/aromatic N) is 2. The predicted molar refractivity (Wildman–Crippen MR) is 132 cm³/mol. The average Bonchev–Trinajstić information content (AvgIpc) is 3.46. The molecule has 0 aromatic carbocycles. The maximum Gasteiger partial charge on any atom is 0.269 e. The number of fused-ring (bicyclic) bond motifs is 2.